The van der Waals surface area contributed by atoms with Crippen LogP contribution in [0.3, 0.4) is 0 Å². The molecule has 1 aromatic carbocycles. The van der Waals surface area contributed by atoms with Gasteiger partial charge < -0.3 is 14.6 Å². The van der Waals surface area contributed by atoms with Crippen LogP contribution in [0.2, 0.25) is 0 Å². The van der Waals surface area contributed by atoms with E-state index in [1.165, 1.54) is 0 Å². The number of aryl methyl sites for hydroxylation is 1. The largest absolute Gasteiger partial charge is 0.492 e. The monoisotopic (exact) mass is 324 g/mol. The van der Waals surface area contributed by atoms with E-state index in [0.29, 0.717) is 6.61 Å². The average molecular weight is 324 g/mol. The molecule has 0 radical (unpaired) electrons. The quantitative estimate of drug-likeness (QED) is 0.636. The number of aromatic nitrogens is 3. The summed E-state index contributed by atoms with van der Waals surface area (Å²) in [6.07, 6.45) is 4.34. The van der Waals surface area contributed by atoms with Crippen LogP contribution in [0, 0.1) is 6.92 Å². The molecule has 0 spiro atoms. The Morgan fingerprint density at radius 2 is 1.96 bits per heavy atom. The van der Waals surface area contributed by atoms with Crippen LogP contribution in [0.25, 0.3) is 11.0 Å². The second-order valence-electron chi connectivity index (χ2n) is 5.80. The zero-order valence-corrected chi connectivity index (χ0v) is 14.3. The summed E-state index contributed by atoms with van der Waals surface area (Å²) in [4.78, 5) is 9.13. The van der Waals surface area contributed by atoms with Crippen molar-refractivity contribution >= 4 is 16.9 Å². The molecule has 5 nitrogen and oxygen atoms in total. The fourth-order valence-corrected chi connectivity index (χ4v) is 2.69. The van der Waals surface area contributed by atoms with Gasteiger partial charge in [-0.1, -0.05) is 31.5 Å². The molecule has 0 saturated carbocycles. The van der Waals surface area contributed by atoms with Gasteiger partial charge in [-0.3, -0.25) is 0 Å². The summed E-state index contributed by atoms with van der Waals surface area (Å²) >= 11 is 0. The van der Waals surface area contributed by atoms with Crippen molar-refractivity contribution in [2.24, 2.45) is 0 Å². The van der Waals surface area contributed by atoms with Crippen molar-refractivity contribution in [3.63, 3.8) is 0 Å². The third kappa shape index (κ3) is 3.85. The predicted molar refractivity (Wildman–Crippen MR) is 97.6 cm³/mol. The van der Waals surface area contributed by atoms with Crippen molar-refractivity contribution in [3.8, 4) is 5.75 Å². The highest BCUT2D eigenvalue weighted by Gasteiger charge is 2.10. The second kappa shape index (κ2) is 7.81. The highest BCUT2D eigenvalue weighted by Crippen LogP contribution is 2.22. The van der Waals surface area contributed by atoms with Crippen LogP contribution in [-0.2, 0) is 6.54 Å². The molecule has 0 bridgehead atoms. The van der Waals surface area contributed by atoms with E-state index in [4.69, 9.17) is 4.74 Å². The van der Waals surface area contributed by atoms with Crippen LogP contribution >= 0.6 is 0 Å². The molecule has 3 rings (SSSR count). The smallest absolute Gasteiger partial charge is 0.154 e. The molecule has 0 saturated heterocycles. The topological polar surface area (TPSA) is 52.0 Å². The van der Waals surface area contributed by atoms with Gasteiger partial charge in [0.15, 0.2) is 5.82 Å². The molecule has 2 heterocycles. The zero-order valence-electron chi connectivity index (χ0n) is 14.3. The molecule has 0 aliphatic heterocycles. The standard InChI is InChI=1S/C19H24N4O/c1-3-4-11-20-19-18-17(21-15(2)22-19)10-12-23(18)13-14-24-16-8-6-5-7-9-16/h5-10,12H,3-4,11,13-14H2,1-2H3,(H,20,21,22). The van der Waals surface area contributed by atoms with E-state index in [-0.39, 0.29) is 0 Å². The number of hydrogen-bond donors (Lipinski definition) is 1. The van der Waals surface area contributed by atoms with Crippen LogP contribution in [0.4, 0.5) is 5.82 Å². The molecule has 24 heavy (non-hydrogen) atoms. The van der Waals surface area contributed by atoms with E-state index < -0.39 is 0 Å². The van der Waals surface area contributed by atoms with Crippen molar-refractivity contribution in [3.05, 3.63) is 48.4 Å². The number of hydrogen-bond acceptors (Lipinski definition) is 4. The Morgan fingerprint density at radius 3 is 2.75 bits per heavy atom. The van der Waals surface area contributed by atoms with Gasteiger partial charge >= 0.3 is 0 Å². The van der Waals surface area contributed by atoms with Crippen molar-refractivity contribution in [2.75, 3.05) is 18.5 Å². The zero-order chi connectivity index (χ0) is 16.8. The molecule has 5 heteroatoms. The average Bonchev–Trinajstić information content (AvgIpc) is 2.99. The minimum atomic E-state index is 0.607. The first kappa shape index (κ1) is 16.3. The van der Waals surface area contributed by atoms with E-state index in [9.17, 15) is 0 Å². The highest BCUT2D eigenvalue weighted by molar-refractivity contribution is 5.86. The number of nitrogens with zero attached hydrogens (tertiary/aromatic N) is 3. The summed E-state index contributed by atoms with van der Waals surface area (Å²) in [5.41, 5.74) is 2.02. The van der Waals surface area contributed by atoms with Gasteiger partial charge in [-0.25, -0.2) is 9.97 Å². The van der Waals surface area contributed by atoms with Crippen molar-refractivity contribution < 1.29 is 4.74 Å². The summed E-state index contributed by atoms with van der Waals surface area (Å²) in [7, 11) is 0. The number of rotatable bonds is 8. The molecular weight excluding hydrogens is 300 g/mol. The van der Waals surface area contributed by atoms with Crippen LogP contribution in [-0.4, -0.2) is 27.7 Å². The summed E-state index contributed by atoms with van der Waals surface area (Å²) in [6, 6.07) is 11.9. The highest BCUT2D eigenvalue weighted by atomic mass is 16.5. The third-order valence-corrected chi connectivity index (χ3v) is 3.89. The van der Waals surface area contributed by atoms with Gasteiger partial charge in [-0.05, 0) is 31.5 Å². The maximum Gasteiger partial charge on any atom is 0.154 e. The number of ether oxygens (including phenoxy) is 1. The summed E-state index contributed by atoms with van der Waals surface area (Å²) in [5.74, 6) is 2.60. The Balaban J connectivity index is 1.75. The first-order valence-electron chi connectivity index (χ1n) is 8.53. The third-order valence-electron chi connectivity index (χ3n) is 3.89. The van der Waals surface area contributed by atoms with Crippen molar-refractivity contribution in [1.82, 2.24) is 14.5 Å². The lowest BCUT2D eigenvalue weighted by Crippen LogP contribution is -2.11. The molecule has 2 aromatic heterocycles. The molecule has 0 aliphatic rings. The lowest BCUT2D eigenvalue weighted by Gasteiger charge is -2.12. The Labute approximate surface area is 142 Å². The molecule has 0 aliphatic carbocycles. The number of anilines is 1. The number of nitrogens with one attached hydrogen (secondary N) is 1. The number of unbranched alkanes of at least 4 members (excludes halogenated alkanes) is 1. The Bertz CT molecular complexity index is 783. The van der Waals surface area contributed by atoms with Gasteiger partial charge in [0.1, 0.15) is 23.7 Å². The fraction of sp³-hybridized carbons (Fsp3) is 0.368. The van der Waals surface area contributed by atoms with Gasteiger partial charge in [0.25, 0.3) is 0 Å². The van der Waals surface area contributed by atoms with Crippen molar-refractivity contribution in [1.29, 1.82) is 0 Å². The summed E-state index contributed by atoms with van der Waals surface area (Å²) in [6.45, 7) is 6.41. The minimum Gasteiger partial charge on any atom is -0.492 e. The number of para-hydroxylation sites is 1. The van der Waals surface area contributed by atoms with Gasteiger partial charge in [0, 0.05) is 12.7 Å². The SMILES string of the molecule is CCCCNc1nc(C)nc2ccn(CCOc3ccccc3)c12. The summed E-state index contributed by atoms with van der Waals surface area (Å²) in [5, 5.41) is 3.45. The van der Waals surface area contributed by atoms with Crippen LogP contribution in [0.5, 0.6) is 5.75 Å². The van der Waals surface area contributed by atoms with Crippen LogP contribution in [0.15, 0.2) is 42.6 Å². The molecule has 0 amide bonds. The maximum atomic E-state index is 5.81. The van der Waals surface area contributed by atoms with Gasteiger partial charge in [0.05, 0.1) is 12.1 Å². The van der Waals surface area contributed by atoms with Crippen molar-refractivity contribution in [2.45, 2.75) is 33.2 Å². The van der Waals surface area contributed by atoms with Gasteiger partial charge in [-0.2, -0.15) is 0 Å². The minimum absolute atomic E-state index is 0.607. The van der Waals surface area contributed by atoms with E-state index in [2.05, 4.69) is 33.0 Å². The Kier molecular flexibility index (Phi) is 5.31. The lowest BCUT2D eigenvalue weighted by molar-refractivity contribution is 0.300. The number of benzene rings is 1. The second-order valence-corrected chi connectivity index (χ2v) is 5.80. The Morgan fingerprint density at radius 1 is 1.12 bits per heavy atom. The Hall–Kier alpha value is -2.56. The first-order valence-corrected chi connectivity index (χ1v) is 8.53. The molecule has 1 N–H and O–H groups in total. The first-order chi connectivity index (χ1) is 11.8. The predicted octanol–water partition coefficient (Wildman–Crippen LogP) is 4.03. The molecule has 3 aromatic rings. The van der Waals surface area contributed by atoms with E-state index in [1.807, 2.05) is 43.3 Å². The maximum absolute atomic E-state index is 5.81. The molecule has 0 unspecified atom stereocenters. The van der Waals surface area contributed by atoms with E-state index >= 15 is 0 Å². The molecule has 126 valence electrons. The molecular formula is C19H24N4O. The lowest BCUT2D eigenvalue weighted by atomic mass is 10.3. The normalized spacial score (nSPS) is 10.9. The fourth-order valence-electron chi connectivity index (χ4n) is 2.69. The molecule has 0 atom stereocenters. The number of fused-ring (bicyclic) bond motifs is 1. The van der Waals surface area contributed by atoms with E-state index in [0.717, 1.165) is 54.4 Å². The summed E-state index contributed by atoms with van der Waals surface area (Å²) < 4.78 is 7.97. The molecule has 0 fully saturated rings. The van der Waals surface area contributed by atoms with Crippen LogP contribution in [0.1, 0.15) is 25.6 Å². The van der Waals surface area contributed by atoms with E-state index in [1.54, 1.807) is 0 Å². The van der Waals surface area contributed by atoms with Crippen LogP contribution < -0.4 is 10.1 Å². The van der Waals surface area contributed by atoms with Gasteiger partial charge in [0.2, 0.25) is 0 Å². The van der Waals surface area contributed by atoms with Gasteiger partial charge in [-0.15, -0.1) is 0 Å².